The number of rotatable bonds is 1. The van der Waals surface area contributed by atoms with Crippen LogP contribution in [0.2, 0.25) is 0 Å². The van der Waals surface area contributed by atoms with Crippen molar-refractivity contribution in [3.63, 3.8) is 0 Å². The van der Waals surface area contributed by atoms with Crippen LogP contribution in [0.1, 0.15) is 6.92 Å². The highest BCUT2D eigenvalue weighted by Crippen LogP contribution is 2.28. The molecule has 0 aliphatic carbocycles. The lowest BCUT2D eigenvalue weighted by Gasteiger charge is -2.26. The Labute approximate surface area is 86.1 Å². The molecule has 5 heteroatoms. The predicted octanol–water partition coefficient (Wildman–Crippen LogP) is 1.18. The lowest BCUT2D eigenvalue weighted by Crippen LogP contribution is -2.36. The largest absolute Gasteiger partial charge is 0.477 e. The quantitative estimate of drug-likeness (QED) is 0.686. The predicted molar refractivity (Wildman–Crippen MR) is 52.2 cm³/mol. The maximum Gasteiger partial charge on any atom is 0.353 e. The number of allylic oxidation sites excluding steroid dienone is 3. The van der Waals surface area contributed by atoms with Crippen LogP contribution in [0.5, 0.6) is 0 Å². The van der Waals surface area contributed by atoms with Gasteiger partial charge in [-0.3, -0.25) is 0 Å². The minimum Gasteiger partial charge on any atom is -0.477 e. The van der Waals surface area contributed by atoms with Gasteiger partial charge in [0.25, 0.3) is 0 Å². The third-order valence-electron chi connectivity index (χ3n) is 2.29. The molecule has 14 heavy (non-hydrogen) atoms. The van der Waals surface area contributed by atoms with Gasteiger partial charge in [0.05, 0.1) is 5.03 Å². The molecule has 1 atom stereocenters. The maximum absolute atomic E-state index is 10.8. The molecule has 0 radical (unpaired) electrons. The summed E-state index contributed by atoms with van der Waals surface area (Å²) in [5, 5.41) is 12.3. The minimum absolute atomic E-state index is 0.202. The first-order chi connectivity index (χ1) is 6.61. The van der Waals surface area contributed by atoms with Crippen LogP contribution in [-0.4, -0.2) is 22.1 Å². The summed E-state index contributed by atoms with van der Waals surface area (Å²) in [5.74, 6) is -0.963. The molecule has 4 nitrogen and oxygen atoms in total. The van der Waals surface area contributed by atoms with Crippen LogP contribution in [0.3, 0.4) is 0 Å². The number of nitrogens with zero attached hydrogens (tertiary/aromatic N) is 1. The van der Waals surface area contributed by atoms with Crippen molar-refractivity contribution < 1.29 is 9.90 Å². The number of nitrogens with one attached hydrogen (secondary N) is 1. The Morgan fingerprint density at radius 1 is 1.71 bits per heavy atom. The highest BCUT2D eigenvalue weighted by atomic mass is 35.5. The minimum atomic E-state index is -0.963. The number of hydrogen-bond donors (Lipinski definition) is 2. The highest BCUT2D eigenvalue weighted by molar-refractivity contribution is 6.30. The van der Waals surface area contributed by atoms with E-state index in [2.05, 4.69) is 5.32 Å². The van der Waals surface area contributed by atoms with E-state index in [0.717, 1.165) is 0 Å². The van der Waals surface area contributed by atoms with Gasteiger partial charge in [-0.25, -0.2) is 4.79 Å². The van der Waals surface area contributed by atoms with E-state index in [1.54, 1.807) is 30.2 Å². The van der Waals surface area contributed by atoms with E-state index in [-0.39, 0.29) is 11.9 Å². The van der Waals surface area contributed by atoms with E-state index in [0.29, 0.717) is 10.7 Å². The van der Waals surface area contributed by atoms with Gasteiger partial charge in [0.2, 0.25) is 0 Å². The van der Waals surface area contributed by atoms with Crippen LogP contribution in [0, 0.1) is 0 Å². The lowest BCUT2D eigenvalue weighted by molar-refractivity contribution is -0.133. The van der Waals surface area contributed by atoms with E-state index >= 15 is 0 Å². The summed E-state index contributed by atoms with van der Waals surface area (Å²) in [5.41, 5.74) is 0.873. The molecular weight excluding hydrogens is 204 g/mol. The molecule has 2 heterocycles. The average molecular weight is 213 g/mol. The van der Waals surface area contributed by atoms with Crippen molar-refractivity contribution in [2.24, 2.45) is 0 Å². The lowest BCUT2D eigenvalue weighted by atomic mass is 10.3. The molecule has 2 aliphatic heterocycles. The van der Waals surface area contributed by atoms with Crippen molar-refractivity contribution in [3.05, 3.63) is 34.8 Å². The molecule has 74 valence electrons. The van der Waals surface area contributed by atoms with Gasteiger partial charge in [-0.1, -0.05) is 11.6 Å². The molecule has 0 spiro atoms. The van der Waals surface area contributed by atoms with Gasteiger partial charge in [0, 0.05) is 11.9 Å². The summed E-state index contributed by atoms with van der Waals surface area (Å²) < 4.78 is 0. The number of fused-ring (bicyclic) bond motifs is 1. The van der Waals surface area contributed by atoms with Crippen molar-refractivity contribution >= 4 is 17.6 Å². The molecule has 0 saturated carbocycles. The number of aliphatic carboxylic acids is 1. The summed E-state index contributed by atoms with van der Waals surface area (Å²) in [6, 6.07) is 0. The fraction of sp³-hybridized carbons (Fsp3) is 0.222. The normalized spacial score (nSPS) is 24.6. The van der Waals surface area contributed by atoms with Crippen molar-refractivity contribution in [3.8, 4) is 0 Å². The van der Waals surface area contributed by atoms with E-state index in [1.807, 2.05) is 0 Å². The zero-order valence-electron chi connectivity index (χ0n) is 7.49. The molecule has 2 rings (SSSR count). The van der Waals surface area contributed by atoms with Gasteiger partial charge in [-0.05, 0) is 19.1 Å². The first-order valence-corrected chi connectivity index (χ1v) is 4.52. The molecule has 0 fully saturated rings. The van der Waals surface area contributed by atoms with Gasteiger partial charge in [0.15, 0.2) is 0 Å². The average Bonchev–Trinajstić information content (AvgIpc) is 2.46. The Morgan fingerprint density at radius 2 is 2.43 bits per heavy atom. The topological polar surface area (TPSA) is 52.6 Å². The maximum atomic E-state index is 10.8. The molecule has 0 saturated heterocycles. The van der Waals surface area contributed by atoms with Crippen LogP contribution in [-0.2, 0) is 4.79 Å². The number of carboxylic acid groups (broad SMARTS) is 1. The Bertz CT molecular complexity index is 384. The van der Waals surface area contributed by atoms with Crippen molar-refractivity contribution in [2.75, 3.05) is 0 Å². The molecule has 2 N–H and O–H groups in total. The summed E-state index contributed by atoms with van der Waals surface area (Å²) in [4.78, 5) is 12.6. The second kappa shape index (κ2) is 3.06. The summed E-state index contributed by atoms with van der Waals surface area (Å²) in [7, 11) is 0. The van der Waals surface area contributed by atoms with Crippen molar-refractivity contribution in [1.29, 1.82) is 0 Å². The summed E-state index contributed by atoms with van der Waals surface area (Å²) in [6.07, 6.45) is 5.07. The zero-order chi connectivity index (χ0) is 10.3. The van der Waals surface area contributed by atoms with Gasteiger partial charge in [-0.15, -0.1) is 0 Å². The van der Waals surface area contributed by atoms with Crippen LogP contribution >= 0.6 is 11.6 Å². The Balaban J connectivity index is 2.36. The van der Waals surface area contributed by atoms with Crippen molar-refractivity contribution in [1.82, 2.24) is 10.2 Å². The molecule has 1 unspecified atom stereocenters. The molecule has 0 aromatic carbocycles. The fourth-order valence-corrected chi connectivity index (χ4v) is 1.80. The molecular formula is C9H9ClN2O2. The van der Waals surface area contributed by atoms with E-state index in [9.17, 15) is 4.79 Å². The molecule has 0 aromatic rings. The van der Waals surface area contributed by atoms with Gasteiger partial charge in [0.1, 0.15) is 11.9 Å². The van der Waals surface area contributed by atoms with Crippen LogP contribution < -0.4 is 5.32 Å². The standard InChI is InChI=1S/C9H9ClN2O2/c1-5-7(9(13)14)11-8-6(10)3-2-4-12(5)8/h2-4,8,11H,1H3,(H,13,14). The number of halogens is 1. The zero-order valence-corrected chi connectivity index (χ0v) is 8.25. The van der Waals surface area contributed by atoms with Crippen molar-refractivity contribution in [2.45, 2.75) is 13.1 Å². The third-order valence-corrected chi connectivity index (χ3v) is 2.62. The fourth-order valence-electron chi connectivity index (χ4n) is 1.57. The van der Waals surface area contributed by atoms with Crippen LogP contribution in [0.15, 0.2) is 34.8 Å². The molecule has 0 bridgehead atoms. The SMILES string of the molecule is CC1=C(C(=O)O)NC2C(Cl)=CC=CN12. The molecule has 2 aliphatic rings. The second-order valence-electron chi connectivity index (χ2n) is 3.11. The number of carbonyl (C=O) groups is 1. The first-order valence-electron chi connectivity index (χ1n) is 4.14. The number of hydrogen-bond acceptors (Lipinski definition) is 3. The summed E-state index contributed by atoms with van der Waals surface area (Å²) >= 11 is 5.94. The van der Waals surface area contributed by atoms with Crippen LogP contribution in [0.25, 0.3) is 0 Å². The van der Waals surface area contributed by atoms with Gasteiger partial charge >= 0.3 is 5.97 Å². The molecule has 0 amide bonds. The van der Waals surface area contributed by atoms with Crippen LogP contribution in [0.4, 0.5) is 0 Å². The smallest absolute Gasteiger partial charge is 0.353 e. The highest BCUT2D eigenvalue weighted by Gasteiger charge is 2.33. The number of carboxylic acids is 1. The second-order valence-corrected chi connectivity index (χ2v) is 3.55. The third kappa shape index (κ3) is 1.19. The Morgan fingerprint density at radius 3 is 3.00 bits per heavy atom. The molecule has 0 aromatic heterocycles. The van der Waals surface area contributed by atoms with E-state index in [1.165, 1.54) is 0 Å². The summed E-state index contributed by atoms with van der Waals surface area (Å²) in [6.45, 7) is 1.75. The monoisotopic (exact) mass is 212 g/mol. The Hall–Kier alpha value is -1.42. The Kier molecular flexibility index (Phi) is 2.00. The van der Waals surface area contributed by atoms with E-state index in [4.69, 9.17) is 16.7 Å². The van der Waals surface area contributed by atoms with Gasteiger partial charge in [-0.2, -0.15) is 0 Å². The van der Waals surface area contributed by atoms with Gasteiger partial charge < -0.3 is 15.3 Å². The van der Waals surface area contributed by atoms with E-state index < -0.39 is 5.97 Å². The first kappa shape index (κ1) is 9.15.